The van der Waals surface area contributed by atoms with Crippen molar-refractivity contribution in [1.29, 1.82) is 0 Å². The van der Waals surface area contributed by atoms with Crippen LogP contribution in [0.4, 0.5) is 0 Å². The maximum atomic E-state index is 12.2. The van der Waals surface area contributed by atoms with Crippen LogP contribution in [0.2, 0.25) is 0 Å². The largest absolute Gasteiger partial charge is 0.480 e. The Morgan fingerprint density at radius 1 is 1.24 bits per heavy atom. The summed E-state index contributed by atoms with van der Waals surface area (Å²) < 4.78 is 26.8. The zero-order valence-electron chi connectivity index (χ0n) is 14.3. The summed E-state index contributed by atoms with van der Waals surface area (Å²) >= 11 is 0. The van der Waals surface area contributed by atoms with Crippen molar-refractivity contribution < 1.29 is 23.1 Å². The summed E-state index contributed by atoms with van der Waals surface area (Å²) in [6, 6.07) is 6.50. The van der Waals surface area contributed by atoms with E-state index in [-0.39, 0.29) is 29.8 Å². The van der Waals surface area contributed by atoms with Crippen LogP contribution >= 0.6 is 0 Å². The fourth-order valence-corrected chi connectivity index (χ4v) is 3.76. The van der Waals surface area contributed by atoms with Gasteiger partial charge in [-0.2, -0.15) is 0 Å². The molecule has 0 aromatic heterocycles. The minimum atomic E-state index is -3.47. The summed E-state index contributed by atoms with van der Waals surface area (Å²) in [5, 5.41) is 8.86. The predicted molar refractivity (Wildman–Crippen MR) is 92.6 cm³/mol. The highest BCUT2D eigenvalue weighted by atomic mass is 32.2. The Hall–Kier alpha value is -1.93. The zero-order valence-corrected chi connectivity index (χ0v) is 15.1. The molecule has 0 spiro atoms. The second-order valence-corrected chi connectivity index (χ2v) is 7.96. The Bertz CT molecular complexity index is 711. The Labute approximate surface area is 148 Å². The van der Waals surface area contributed by atoms with Crippen molar-refractivity contribution in [2.24, 2.45) is 0 Å². The van der Waals surface area contributed by atoms with Crippen LogP contribution in [-0.2, 0) is 26.0 Å². The molecule has 1 aromatic carbocycles. The van der Waals surface area contributed by atoms with Crippen LogP contribution in [0.15, 0.2) is 29.2 Å². The molecule has 1 fully saturated rings. The fourth-order valence-electron chi connectivity index (χ4n) is 2.46. The first-order valence-corrected chi connectivity index (χ1v) is 9.91. The predicted octanol–water partition coefficient (Wildman–Crippen LogP) is 1.38. The maximum Gasteiger partial charge on any atom is 0.323 e. The van der Waals surface area contributed by atoms with Gasteiger partial charge in [0.15, 0.2) is 0 Å². The number of hydrogen-bond donors (Lipinski definition) is 2. The summed E-state index contributed by atoms with van der Waals surface area (Å²) in [6.45, 7) is 2.00. The van der Waals surface area contributed by atoms with Crippen LogP contribution < -0.4 is 4.72 Å². The van der Waals surface area contributed by atoms with Crippen molar-refractivity contribution in [3.8, 4) is 0 Å². The quantitative estimate of drug-likeness (QED) is 0.649. The molecule has 1 amide bonds. The Morgan fingerprint density at radius 2 is 1.88 bits per heavy atom. The molecular formula is C17H24N2O5S. The van der Waals surface area contributed by atoms with Crippen LogP contribution in [0.3, 0.4) is 0 Å². The third kappa shape index (κ3) is 6.13. The van der Waals surface area contributed by atoms with E-state index in [1.54, 1.807) is 12.1 Å². The third-order valence-electron chi connectivity index (χ3n) is 3.93. The number of amides is 1. The van der Waals surface area contributed by atoms with Gasteiger partial charge in [-0.1, -0.05) is 19.1 Å². The van der Waals surface area contributed by atoms with Gasteiger partial charge in [-0.05, 0) is 43.4 Å². The second kappa shape index (κ2) is 8.44. The second-order valence-electron chi connectivity index (χ2n) is 6.25. The van der Waals surface area contributed by atoms with E-state index in [2.05, 4.69) is 4.72 Å². The van der Waals surface area contributed by atoms with Gasteiger partial charge in [-0.25, -0.2) is 13.1 Å². The molecule has 0 bridgehead atoms. The van der Waals surface area contributed by atoms with E-state index in [4.69, 9.17) is 5.11 Å². The number of carbonyl (C=O) groups is 2. The van der Waals surface area contributed by atoms with Crippen LogP contribution in [0.5, 0.6) is 0 Å². The SMILES string of the molecule is CCCN(CC(=O)O)C(=O)CCc1ccc(S(=O)(=O)NC2CC2)cc1. The van der Waals surface area contributed by atoms with E-state index in [0.717, 1.165) is 18.4 Å². The molecule has 7 nitrogen and oxygen atoms in total. The lowest BCUT2D eigenvalue weighted by molar-refractivity contribution is -0.144. The van der Waals surface area contributed by atoms with Crippen LogP contribution in [0, 0.1) is 0 Å². The molecule has 0 unspecified atom stereocenters. The first-order chi connectivity index (χ1) is 11.8. The van der Waals surface area contributed by atoms with Gasteiger partial charge >= 0.3 is 5.97 Å². The molecule has 0 aliphatic heterocycles. The molecule has 0 saturated heterocycles. The summed E-state index contributed by atoms with van der Waals surface area (Å²) in [4.78, 5) is 24.5. The lowest BCUT2D eigenvalue weighted by atomic mass is 10.1. The number of nitrogens with one attached hydrogen (secondary N) is 1. The van der Waals surface area contributed by atoms with Gasteiger partial charge in [0, 0.05) is 19.0 Å². The molecule has 2 N–H and O–H groups in total. The number of aliphatic carboxylic acids is 1. The molecule has 0 heterocycles. The van der Waals surface area contributed by atoms with E-state index in [0.29, 0.717) is 19.4 Å². The highest BCUT2D eigenvalue weighted by Crippen LogP contribution is 2.22. The van der Waals surface area contributed by atoms with Crippen molar-refractivity contribution in [2.45, 2.75) is 50.0 Å². The van der Waals surface area contributed by atoms with Crippen molar-refractivity contribution in [1.82, 2.24) is 9.62 Å². The van der Waals surface area contributed by atoms with Gasteiger partial charge in [0.05, 0.1) is 4.90 Å². The molecule has 0 radical (unpaired) electrons. The van der Waals surface area contributed by atoms with Crippen molar-refractivity contribution >= 4 is 21.9 Å². The number of sulfonamides is 1. The number of benzene rings is 1. The van der Waals surface area contributed by atoms with E-state index >= 15 is 0 Å². The monoisotopic (exact) mass is 368 g/mol. The number of aryl methyl sites for hydroxylation is 1. The Balaban J connectivity index is 1.91. The lowest BCUT2D eigenvalue weighted by Crippen LogP contribution is -2.36. The number of hydrogen-bond acceptors (Lipinski definition) is 4. The highest BCUT2D eigenvalue weighted by Gasteiger charge is 2.27. The highest BCUT2D eigenvalue weighted by molar-refractivity contribution is 7.89. The molecule has 2 rings (SSSR count). The number of carbonyl (C=O) groups excluding carboxylic acids is 1. The van der Waals surface area contributed by atoms with Gasteiger partial charge in [0.25, 0.3) is 0 Å². The normalized spacial score (nSPS) is 14.3. The topological polar surface area (TPSA) is 104 Å². The van der Waals surface area contributed by atoms with Crippen molar-refractivity contribution in [3.63, 3.8) is 0 Å². The summed E-state index contributed by atoms with van der Waals surface area (Å²) in [7, 11) is -3.47. The average molecular weight is 368 g/mol. The maximum absolute atomic E-state index is 12.2. The van der Waals surface area contributed by atoms with Gasteiger partial charge in [-0.3, -0.25) is 9.59 Å². The third-order valence-corrected chi connectivity index (χ3v) is 5.47. The molecule has 1 aromatic rings. The number of nitrogens with zero attached hydrogens (tertiary/aromatic N) is 1. The van der Waals surface area contributed by atoms with Gasteiger partial charge < -0.3 is 10.0 Å². The molecule has 8 heteroatoms. The minimum Gasteiger partial charge on any atom is -0.480 e. The van der Waals surface area contributed by atoms with E-state index in [1.807, 2.05) is 6.92 Å². The summed E-state index contributed by atoms with van der Waals surface area (Å²) in [5.41, 5.74) is 0.838. The van der Waals surface area contributed by atoms with Gasteiger partial charge in [0.1, 0.15) is 6.54 Å². The smallest absolute Gasteiger partial charge is 0.323 e. The molecule has 1 aliphatic rings. The first-order valence-electron chi connectivity index (χ1n) is 8.42. The van der Waals surface area contributed by atoms with E-state index < -0.39 is 16.0 Å². The van der Waals surface area contributed by atoms with Gasteiger partial charge in [0.2, 0.25) is 15.9 Å². The molecule has 0 atom stereocenters. The Morgan fingerprint density at radius 3 is 2.40 bits per heavy atom. The fraction of sp³-hybridized carbons (Fsp3) is 0.529. The van der Waals surface area contributed by atoms with Crippen LogP contribution in [-0.4, -0.2) is 49.4 Å². The van der Waals surface area contributed by atoms with Gasteiger partial charge in [-0.15, -0.1) is 0 Å². The summed E-state index contributed by atoms with van der Waals surface area (Å²) in [5.74, 6) is -1.24. The molecule has 1 aliphatic carbocycles. The number of carboxylic acid groups (broad SMARTS) is 1. The number of carboxylic acids is 1. The van der Waals surface area contributed by atoms with Crippen LogP contribution in [0.25, 0.3) is 0 Å². The summed E-state index contributed by atoms with van der Waals surface area (Å²) in [6.07, 6.45) is 3.09. The van der Waals surface area contributed by atoms with Crippen molar-refractivity contribution in [2.75, 3.05) is 13.1 Å². The lowest BCUT2D eigenvalue weighted by Gasteiger charge is -2.19. The minimum absolute atomic E-state index is 0.0566. The first kappa shape index (κ1) is 19.4. The standard InChI is InChI=1S/C17H24N2O5S/c1-2-11-19(12-17(21)22)16(20)10-5-13-3-8-15(9-4-13)25(23,24)18-14-6-7-14/h3-4,8-9,14,18H,2,5-7,10-12H2,1H3,(H,21,22). The molecular weight excluding hydrogens is 344 g/mol. The zero-order chi connectivity index (χ0) is 18.4. The number of rotatable bonds is 10. The molecule has 138 valence electrons. The molecule has 1 saturated carbocycles. The van der Waals surface area contributed by atoms with E-state index in [1.165, 1.54) is 17.0 Å². The Kier molecular flexibility index (Phi) is 6.55. The molecule has 25 heavy (non-hydrogen) atoms. The average Bonchev–Trinajstić information content (AvgIpc) is 3.35. The van der Waals surface area contributed by atoms with Crippen LogP contribution in [0.1, 0.15) is 38.2 Å². The van der Waals surface area contributed by atoms with Crippen molar-refractivity contribution in [3.05, 3.63) is 29.8 Å². The van der Waals surface area contributed by atoms with E-state index in [9.17, 15) is 18.0 Å².